The van der Waals surface area contributed by atoms with E-state index in [1.807, 2.05) is 0 Å². The van der Waals surface area contributed by atoms with E-state index < -0.39 is 0 Å². The van der Waals surface area contributed by atoms with E-state index in [0.717, 1.165) is 25.4 Å². The molecule has 118 valence electrons. The average molecular weight is 291 g/mol. The zero-order valence-electron chi connectivity index (χ0n) is 13.9. The van der Waals surface area contributed by atoms with Gasteiger partial charge in [0.05, 0.1) is 13.2 Å². The van der Waals surface area contributed by atoms with Crippen LogP contribution in [0.3, 0.4) is 0 Å². The molecule has 0 amide bonds. The van der Waals surface area contributed by atoms with Crippen LogP contribution in [-0.2, 0) is 11.3 Å². The number of hydrogen-bond acceptors (Lipinski definition) is 3. The second kappa shape index (κ2) is 7.81. The van der Waals surface area contributed by atoms with Crippen molar-refractivity contribution in [3.8, 4) is 5.75 Å². The molecule has 0 aliphatic carbocycles. The lowest BCUT2D eigenvalue weighted by atomic mass is 10.0. The minimum Gasteiger partial charge on any atom is -0.496 e. The molecule has 0 aromatic heterocycles. The molecule has 0 radical (unpaired) electrons. The fourth-order valence-corrected chi connectivity index (χ4v) is 3.08. The summed E-state index contributed by atoms with van der Waals surface area (Å²) in [5.74, 6) is 0.984. The third-order valence-electron chi connectivity index (χ3n) is 4.60. The zero-order chi connectivity index (χ0) is 15.2. The van der Waals surface area contributed by atoms with E-state index in [2.05, 4.69) is 37.9 Å². The summed E-state index contributed by atoms with van der Waals surface area (Å²) >= 11 is 0. The number of benzene rings is 1. The van der Waals surface area contributed by atoms with Crippen molar-refractivity contribution in [2.24, 2.45) is 0 Å². The maximum atomic E-state index is 5.68. The first-order valence-corrected chi connectivity index (χ1v) is 8.05. The largest absolute Gasteiger partial charge is 0.496 e. The van der Waals surface area contributed by atoms with Gasteiger partial charge in [0.25, 0.3) is 0 Å². The van der Waals surface area contributed by atoms with Crippen molar-refractivity contribution < 1.29 is 9.47 Å². The maximum Gasteiger partial charge on any atom is 0.122 e. The van der Waals surface area contributed by atoms with Gasteiger partial charge in [0.15, 0.2) is 0 Å². The Morgan fingerprint density at radius 2 is 2.10 bits per heavy atom. The first-order valence-electron chi connectivity index (χ1n) is 8.05. The van der Waals surface area contributed by atoms with Gasteiger partial charge in [-0.1, -0.05) is 6.07 Å². The van der Waals surface area contributed by atoms with E-state index in [-0.39, 0.29) is 0 Å². The minimum absolute atomic E-state index is 0.517. The molecule has 1 aromatic carbocycles. The first kappa shape index (κ1) is 16.3. The van der Waals surface area contributed by atoms with Crippen LogP contribution in [0.1, 0.15) is 42.4 Å². The first-order chi connectivity index (χ1) is 10.1. The highest BCUT2D eigenvalue weighted by atomic mass is 16.5. The van der Waals surface area contributed by atoms with Crippen LogP contribution in [0.2, 0.25) is 0 Å². The van der Waals surface area contributed by atoms with Gasteiger partial charge in [0.1, 0.15) is 5.75 Å². The Morgan fingerprint density at radius 3 is 2.76 bits per heavy atom. The summed E-state index contributed by atoms with van der Waals surface area (Å²) in [6.07, 6.45) is 5.43. The number of methoxy groups -OCH3 is 1. The summed E-state index contributed by atoms with van der Waals surface area (Å²) in [6.45, 7) is 7.42. The molecule has 2 rings (SSSR count). The number of rotatable bonds is 7. The molecule has 1 fully saturated rings. The Morgan fingerprint density at radius 1 is 1.29 bits per heavy atom. The van der Waals surface area contributed by atoms with E-state index in [1.165, 1.54) is 42.4 Å². The topological polar surface area (TPSA) is 21.7 Å². The minimum atomic E-state index is 0.517. The van der Waals surface area contributed by atoms with Crippen LogP contribution in [0.4, 0.5) is 0 Å². The van der Waals surface area contributed by atoms with Crippen molar-refractivity contribution in [1.82, 2.24) is 4.90 Å². The normalized spacial score (nSPS) is 18.4. The van der Waals surface area contributed by atoms with E-state index in [9.17, 15) is 0 Å². The molecule has 0 saturated carbocycles. The number of ether oxygens (including phenoxy) is 2. The standard InChI is InChI=1S/C18H29NO2/c1-14-15(2)18(20-4)10-9-16(14)13-19(3)11-5-7-17-8-6-12-21-17/h9-10,17H,5-8,11-13H2,1-4H3/t17-/m1/s1. The molecule has 0 N–H and O–H groups in total. The van der Waals surface area contributed by atoms with Crippen LogP contribution in [0.5, 0.6) is 5.75 Å². The second-order valence-corrected chi connectivity index (χ2v) is 6.19. The van der Waals surface area contributed by atoms with Crippen LogP contribution in [0, 0.1) is 13.8 Å². The third kappa shape index (κ3) is 4.45. The summed E-state index contributed by atoms with van der Waals surface area (Å²) in [7, 11) is 3.94. The lowest BCUT2D eigenvalue weighted by Gasteiger charge is -2.20. The van der Waals surface area contributed by atoms with E-state index in [1.54, 1.807) is 7.11 Å². The maximum absolute atomic E-state index is 5.68. The fraction of sp³-hybridized carbons (Fsp3) is 0.667. The Hall–Kier alpha value is -1.06. The van der Waals surface area contributed by atoms with Crippen molar-refractivity contribution in [3.63, 3.8) is 0 Å². The number of hydrogen-bond donors (Lipinski definition) is 0. The molecule has 1 heterocycles. The highest BCUT2D eigenvalue weighted by Gasteiger charge is 2.15. The van der Waals surface area contributed by atoms with E-state index in [0.29, 0.717) is 6.10 Å². The molecule has 3 nitrogen and oxygen atoms in total. The Kier molecular flexibility index (Phi) is 6.07. The van der Waals surface area contributed by atoms with Gasteiger partial charge in [-0.3, -0.25) is 0 Å². The van der Waals surface area contributed by atoms with Crippen LogP contribution < -0.4 is 4.74 Å². The molecule has 21 heavy (non-hydrogen) atoms. The van der Waals surface area contributed by atoms with Crippen LogP contribution in [0.15, 0.2) is 12.1 Å². The zero-order valence-corrected chi connectivity index (χ0v) is 13.9. The highest BCUT2D eigenvalue weighted by molar-refractivity contribution is 5.43. The summed E-state index contributed by atoms with van der Waals surface area (Å²) in [5.41, 5.74) is 4.00. The lowest BCUT2D eigenvalue weighted by molar-refractivity contribution is 0.0995. The SMILES string of the molecule is COc1ccc(CN(C)CCC[C@@H]2CCCO2)c(C)c1C. The summed E-state index contributed by atoms with van der Waals surface area (Å²) < 4.78 is 11.1. The smallest absolute Gasteiger partial charge is 0.122 e. The van der Waals surface area contributed by atoms with Gasteiger partial charge in [-0.2, -0.15) is 0 Å². The Balaban J connectivity index is 1.81. The van der Waals surface area contributed by atoms with E-state index >= 15 is 0 Å². The van der Waals surface area contributed by atoms with Crippen LogP contribution in [0.25, 0.3) is 0 Å². The van der Waals surface area contributed by atoms with E-state index in [4.69, 9.17) is 9.47 Å². The third-order valence-corrected chi connectivity index (χ3v) is 4.60. The molecule has 1 aliphatic rings. The molecule has 3 heteroatoms. The van der Waals surface area contributed by atoms with Gasteiger partial charge in [-0.05, 0) is 75.9 Å². The Labute approximate surface area is 129 Å². The molecule has 0 bridgehead atoms. The molecular weight excluding hydrogens is 262 g/mol. The Bertz CT molecular complexity index is 453. The van der Waals surface area contributed by atoms with Crippen molar-refractivity contribution in [2.45, 2.75) is 52.2 Å². The van der Waals surface area contributed by atoms with Gasteiger partial charge >= 0.3 is 0 Å². The van der Waals surface area contributed by atoms with Gasteiger partial charge in [0.2, 0.25) is 0 Å². The summed E-state index contributed by atoms with van der Waals surface area (Å²) in [5, 5.41) is 0. The van der Waals surface area contributed by atoms with Gasteiger partial charge in [-0.15, -0.1) is 0 Å². The molecule has 1 atom stereocenters. The highest BCUT2D eigenvalue weighted by Crippen LogP contribution is 2.24. The van der Waals surface area contributed by atoms with Gasteiger partial charge in [0, 0.05) is 13.2 Å². The predicted molar refractivity (Wildman–Crippen MR) is 87.0 cm³/mol. The summed E-state index contributed by atoms with van der Waals surface area (Å²) in [6, 6.07) is 4.27. The summed E-state index contributed by atoms with van der Waals surface area (Å²) in [4.78, 5) is 2.41. The second-order valence-electron chi connectivity index (χ2n) is 6.19. The average Bonchev–Trinajstić information content (AvgIpc) is 2.97. The lowest BCUT2D eigenvalue weighted by Crippen LogP contribution is -2.21. The van der Waals surface area contributed by atoms with Crippen LogP contribution >= 0.6 is 0 Å². The molecule has 0 spiro atoms. The monoisotopic (exact) mass is 291 g/mol. The molecule has 1 aliphatic heterocycles. The van der Waals surface area contributed by atoms with Gasteiger partial charge in [-0.25, -0.2) is 0 Å². The molecule has 0 unspecified atom stereocenters. The van der Waals surface area contributed by atoms with Crippen molar-refractivity contribution >= 4 is 0 Å². The van der Waals surface area contributed by atoms with Crippen LogP contribution in [-0.4, -0.2) is 38.3 Å². The molecule has 1 saturated heterocycles. The number of nitrogens with zero attached hydrogens (tertiary/aromatic N) is 1. The van der Waals surface area contributed by atoms with Gasteiger partial charge < -0.3 is 14.4 Å². The molecule has 1 aromatic rings. The molecular formula is C18H29NO2. The van der Waals surface area contributed by atoms with Crippen molar-refractivity contribution in [3.05, 3.63) is 28.8 Å². The quantitative estimate of drug-likeness (QED) is 0.764. The fourth-order valence-electron chi connectivity index (χ4n) is 3.08. The predicted octanol–water partition coefficient (Wildman–Crippen LogP) is 3.70. The van der Waals surface area contributed by atoms with Crippen molar-refractivity contribution in [1.29, 1.82) is 0 Å². The van der Waals surface area contributed by atoms with Crippen molar-refractivity contribution in [2.75, 3.05) is 27.3 Å².